The number of hydrogen-bond acceptors (Lipinski definition) is 3. The van der Waals surface area contributed by atoms with Crippen LogP contribution in [-0.4, -0.2) is 36.0 Å². The van der Waals surface area contributed by atoms with Gasteiger partial charge in [0.2, 0.25) is 5.91 Å². The van der Waals surface area contributed by atoms with Crippen molar-refractivity contribution in [3.05, 3.63) is 0 Å². The Bertz CT molecular complexity index is 253. The van der Waals surface area contributed by atoms with E-state index in [1.807, 2.05) is 18.7 Å². The highest BCUT2D eigenvalue weighted by Crippen LogP contribution is 2.18. The van der Waals surface area contributed by atoms with Gasteiger partial charge in [-0.05, 0) is 26.7 Å². The molecule has 1 saturated carbocycles. The zero-order chi connectivity index (χ0) is 11.3. The minimum absolute atomic E-state index is 0.0872. The zero-order valence-corrected chi connectivity index (χ0v) is 9.49. The van der Waals surface area contributed by atoms with E-state index in [0.29, 0.717) is 31.6 Å². The number of carbonyl (C=O) groups is 1. The first-order valence-corrected chi connectivity index (χ1v) is 5.54. The molecule has 0 aromatic carbocycles. The van der Waals surface area contributed by atoms with Gasteiger partial charge < -0.3 is 5.32 Å². The third-order valence-corrected chi connectivity index (χ3v) is 2.53. The molecule has 0 unspecified atom stereocenters. The Hall–Kier alpha value is -1.08. The van der Waals surface area contributed by atoms with E-state index in [-0.39, 0.29) is 5.91 Å². The fraction of sp³-hybridized carbons (Fsp3) is 0.818. The maximum Gasteiger partial charge on any atom is 0.234 e. The number of hydrogen-bond donors (Lipinski definition) is 1. The van der Waals surface area contributed by atoms with E-state index in [4.69, 9.17) is 5.26 Å². The molecular formula is C11H19N3O. The van der Waals surface area contributed by atoms with Crippen LogP contribution in [0.3, 0.4) is 0 Å². The van der Waals surface area contributed by atoms with Crippen LogP contribution in [0.2, 0.25) is 0 Å². The van der Waals surface area contributed by atoms with Crippen molar-refractivity contribution in [1.29, 1.82) is 5.26 Å². The number of rotatable bonds is 6. The molecule has 0 radical (unpaired) electrons. The summed E-state index contributed by atoms with van der Waals surface area (Å²) in [7, 11) is 0. The van der Waals surface area contributed by atoms with Gasteiger partial charge in [0.05, 0.1) is 12.6 Å². The second-order valence-electron chi connectivity index (χ2n) is 4.31. The lowest BCUT2D eigenvalue weighted by atomic mass is 10.3. The van der Waals surface area contributed by atoms with Gasteiger partial charge in [-0.25, -0.2) is 0 Å². The Morgan fingerprint density at radius 3 is 2.73 bits per heavy atom. The summed E-state index contributed by atoms with van der Waals surface area (Å²) in [5.74, 6) is 0.0872. The van der Waals surface area contributed by atoms with E-state index in [0.717, 1.165) is 12.8 Å². The van der Waals surface area contributed by atoms with Crippen molar-refractivity contribution in [3.63, 3.8) is 0 Å². The third kappa shape index (κ3) is 4.80. The van der Waals surface area contributed by atoms with Crippen LogP contribution in [0, 0.1) is 11.3 Å². The fourth-order valence-corrected chi connectivity index (χ4v) is 1.40. The number of nitriles is 1. The second kappa shape index (κ2) is 5.72. The van der Waals surface area contributed by atoms with Gasteiger partial charge in [-0.2, -0.15) is 5.26 Å². The van der Waals surface area contributed by atoms with Crippen molar-refractivity contribution in [2.45, 2.75) is 45.2 Å². The van der Waals surface area contributed by atoms with Gasteiger partial charge in [0.25, 0.3) is 0 Å². The normalized spacial score (nSPS) is 15.4. The predicted octanol–water partition coefficient (Wildman–Crippen LogP) is 0.889. The van der Waals surface area contributed by atoms with Crippen LogP contribution in [0.15, 0.2) is 0 Å². The predicted molar refractivity (Wildman–Crippen MR) is 58.1 cm³/mol. The average molecular weight is 209 g/mol. The fourth-order valence-electron chi connectivity index (χ4n) is 1.40. The maximum atomic E-state index is 11.5. The van der Waals surface area contributed by atoms with Crippen LogP contribution in [-0.2, 0) is 4.79 Å². The van der Waals surface area contributed by atoms with Crippen LogP contribution >= 0.6 is 0 Å². The molecule has 0 aromatic rings. The zero-order valence-electron chi connectivity index (χ0n) is 9.49. The molecule has 84 valence electrons. The lowest BCUT2D eigenvalue weighted by Gasteiger charge is -2.24. The Kier molecular flexibility index (Phi) is 4.57. The summed E-state index contributed by atoms with van der Waals surface area (Å²) < 4.78 is 0. The first-order chi connectivity index (χ1) is 7.13. The average Bonchev–Trinajstić information content (AvgIpc) is 2.95. The molecule has 1 rings (SSSR count). The van der Waals surface area contributed by atoms with Gasteiger partial charge in [-0.1, -0.05) is 0 Å². The number of nitrogens with zero attached hydrogens (tertiary/aromatic N) is 2. The quantitative estimate of drug-likeness (QED) is 0.706. The molecule has 0 heterocycles. The smallest absolute Gasteiger partial charge is 0.234 e. The highest BCUT2D eigenvalue weighted by molar-refractivity contribution is 5.78. The summed E-state index contributed by atoms with van der Waals surface area (Å²) in [6.45, 7) is 5.17. The lowest BCUT2D eigenvalue weighted by Crippen LogP contribution is -2.41. The number of carbonyl (C=O) groups excluding carboxylic acids is 1. The Labute approximate surface area is 91.2 Å². The Balaban J connectivity index is 2.28. The standard InChI is InChI=1S/C11H19N3O/c1-9(2)14(7-3-6-12)8-11(15)13-10-4-5-10/h9-10H,3-5,7-8H2,1-2H3,(H,13,15). The highest BCUT2D eigenvalue weighted by atomic mass is 16.2. The first-order valence-electron chi connectivity index (χ1n) is 5.54. The van der Waals surface area contributed by atoms with Crippen molar-refractivity contribution in [2.75, 3.05) is 13.1 Å². The van der Waals surface area contributed by atoms with Gasteiger partial charge in [-0.3, -0.25) is 9.69 Å². The lowest BCUT2D eigenvalue weighted by molar-refractivity contribution is -0.122. The molecule has 0 saturated heterocycles. The largest absolute Gasteiger partial charge is 0.352 e. The first kappa shape index (κ1) is 12.0. The van der Waals surface area contributed by atoms with E-state index in [2.05, 4.69) is 11.4 Å². The topological polar surface area (TPSA) is 56.1 Å². The van der Waals surface area contributed by atoms with Crippen molar-refractivity contribution in [2.24, 2.45) is 0 Å². The SMILES string of the molecule is CC(C)N(CCC#N)CC(=O)NC1CC1. The van der Waals surface area contributed by atoms with Crippen LogP contribution in [0.4, 0.5) is 0 Å². The van der Waals surface area contributed by atoms with E-state index in [1.165, 1.54) is 0 Å². The summed E-state index contributed by atoms with van der Waals surface area (Å²) in [4.78, 5) is 13.6. The summed E-state index contributed by atoms with van der Waals surface area (Å²) >= 11 is 0. The molecule has 1 aliphatic carbocycles. The molecule has 1 aliphatic rings. The molecule has 0 spiro atoms. The maximum absolute atomic E-state index is 11.5. The highest BCUT2D eigenvalue weighted by Gasteiger charge is 2.24. The van der Waals surface area contributed by atoms with Crippen molar-refractivity contribution in [3.8, 4) is 6.07 Å². The molecular weight excluding hydrogens is 190 g/mol. The Morgan fingerprint density at radius 1 is 1.60 bits per heavy atom. The monoisotopic (exact) mass is 209 g/mol. The van der Waals surface area contributed by atoms with Gasteiger partial charge in [-0.15, -0.1) is 0 Å². The Morgan fingerprint density at radius 2 is 2.27 bits per heavy atom. The summed E-state index contributed by atoms with van der Waals surface area (Å²) in [5.41, 5.74) is 0. The van der Waals surface area contributed by atoms with Crippen LogP contribution in [0.5, 0.6) is 0 Å². The van der Waals surface area contributed by atoms with Crippen LogP contribution < -0.4 is 5.32 Å². The van der Waals surface area contributed by atoms with Crippen molar-refractivity contribution in [1.82, 2.24) is 10.2 Å². The molecule has 4 nitrogen and oxygen atoms in total. The minimum Gasteiger partial charge on any atom is -0.352 e. The molecule has 15 heavy (non-hydrogen) atoms. The van der Waals surface area contributed by atoms with Gasteiger partial charge in [0.1, 0.15) is 0 Å². The number of amides is 1. The molecule has 1 amide bonds. The molecule has 0 atom stereocenters. The summed E-state index contributed by atoms with van der Waals surface area (Å²) in [6, 6.07) is 2.83. The van der Waals surface area contributed by atoms with E-state index in [1.54, 1.807) is 0 Å². The van der Waals surface area contributed by atoms with Crippen molar-refractivity contribution >= 4 is 5.91 Å². The van der Waals surface area contributed by atoms with E-state index in [9.17, 15) is 4.79 Å². The molecule has 0 bridgehead atoms. The van der Waals surface area contributed by atoms with Crippen LogP contribution in [0.1, 0.15) is 33.1 Å². The third-order valence-electron chi connectivity index (χ3n) is 2.53. The summed E-state index contributed by atoms with van der Waals surface area (Å²) in [6.07, 6.45) is 2.71. The van der Waals surface area contributed by atoms with E-state index >= 15 is 0 Å². The van der Waals surface area contributed by atoms with Crippen LogP contribution in [0.25, 0.3) is 0 Å². The second-order valence-corrected chi connectivity index (χ2v) is 4.31. The number of nitrogens with one attached hydrogen (secondary N) is 1. The molecule has 1 N–H and O–H groups in total. The molecule has 4 heteroatoms. The van der Waals surface area contributed by atoms with E-state index < -0.39 is 0 Å². The molecule has 1 fully saturated rings. The van der Waals surface area contributed by atoms with Crippen molar-refractivity contribution < 1.29 is 4.79 Å². The van der Waals surface area contributed by atoms with Gasteiger partial charge in [0.15, 0.2) is 0 Å². The molecule has 0 aliphatic heterocycles. The van der Waals surface area contributed by atoms with Gasteiger partial charge in [0, 0.05) is 25.0 Å². The van der Waals surface area contributed by atoms with Gasteiger partial charge >= 0.3 is 0 Å². The minimum atomic E-state index is 0.0872. The molecule has 0 aromatic heterocycles. The summed E-state index contributed by atoms with van der Waals surface area (Å²) in [5, 5.41) is 11.5.